The summed E-state index contributed by atoms with van der Waals surface area (Å²) in [7, 11) is 0. The van der Waals surface area contributed by atoms with Gasteiger partial charge in [-0.05, 0) is 25.8 Å². The molecule has 2 rings (SSSR count). The topological polar surface area (TPSA) is 50.2 Å². The first kappa shape index (κ1) is 12.1. The molecule has 17 heavy (non-hydrogen) atoms. The largest absolute Gasteiger partial charge is 0.342 e. The van der Waals surface area contributed by atoms with Gasteiger partial charge >= 0.3 is 0 Å². The molecule has 1 atom stereocenters. The van der Waals surface area contributed by atoms with E-state index < -0.39 is 0 Å². The van der Waals surface area contributed by atoms with Crippen molar-refractivity contribution in [1.29, 1.82) is 0 Å². The zero-order valence-electron chi connectivity index (χ0n) is 10.3. The van der Waals surface area contributed by atoms with E-state index in [1.165, 1.54) is 0 Å². The molecule has 1 saturated heterocycles. The van der Waals surface area contributed by atoms with Crippen LogP contribution in [-0.4, -0.2) is 46.3 Å². The van der Waals surface area contributed by atoms with Gasteiger partial charge in [0.2, 0.25) is 5.91 Å². The lowest BCUT2D eigenvalue weighted by molar-refractivity contribution is -0.129. The summed E-state index contributed by atoms with van der Waals surface area (Å²) in [6.45, 7) is 5.14. The van der Waals surface area contributed by atoms with E-state index in [-0.39, 0.29) is 11.9 Å². The van der Waals surface area contributed by atoms with Crippen molar-refractivity contribution >= 4 is 5.91 Å². The van der Waals surface area contributed by atoms with Crippen LogP contribution in [0.5, 0.6) is 0 Å². The molecule has 1 fully saturated rings. The third-order valence-corrected chi connectivity index (χ3v) is 3.08. The van der Waals surface area contributed by atoms with E-state index in [4.69, 9.17) is 0 Å². The fourth-order valence-corrected chi connectivity index (χ4v) is 2.09. The molecule has 0 radical (unpaired) electrons. The second kappa shape index (κ2) is 5.82. The van der Waals surface area contributed by atoms with Gasteiger partial charge in [0, 0.05) is 31.5 Å². The fraction of sp³-hybridized carbons (Fsp3) is 0.667. The molecule has 2 heterocycles. The van der Waals surface area contributed by atoms with Crippen molar-refractivity contribution in [1.82, 2.24) is 20.0 Å². The van der Waals surface area contributed by atoms with Crippen molar-refractivity contribution in [3.05, 3.63) is 18.5 Å². The summed E-state index contributed by atoms with van der Waals surface area (Å²) in [5, 5.41) is 7.39. The molecule has 1 aromatic rings. The van der Waals surface area contributed by atoms with Crippen LogP contribution in [0.2, 0.25) is 0 Å². The lowest BCUT2D eigenvalue weighted by Gasteiger charge is -2.18. The van der Waals surface area contributed by atoms with Crippen molar-refractivity contribution in [3.8, 4) is 0 Å². The highest BCUT2D eigenvalue weighted by molar-refractivity contribution is 5.78. The fourth-order valence-electron chi connectivity index (χ4n) is 2.09. The molecule has 0 bridgehead atoms. The number of hydrogen-bond donors (Lipinski definition) is 1. The smallest absolute Gasteiger partial charge is 0.236 e. The van der Waals surface area contributed by atoms with E-state index in [1.807, 2.05) is 21.8 Å². The van der Waals surface area contributed by atoms with Gasteiger partial charge in [0.1, 0.15) is 0 Å². The highest BCUT2D eigenvalue weighted by Crippen LogP contribution is 2.06. The molecule has 1 amide bonds. The van der Waals surface area contributed by atoms with Gasteiger partial charge in [0.25, 0.3) is 0 Å². The number of rotatable bonds is 5. The number of carbonyl (C=O) groups excluding carboxylic acids is 1. The summed E-state index contributed by atoms with van der Waals surface area (Å²) in [6, 6.07) is 2.16. The minimum atomic E-state index is 0.217. The van der Waals surface area contributed by atoms with E-state index in [0.29, 0.717) is 6.54 Å². The van der Waals surface area contributed by atoms with E-state index in [0.717, 1.165) is 32.5 Å². The monoisotopic (exact) mass is 236 g/mol. The zero-order valence-corrected chi connectivity index (χ0v) is 10.3. The third kappa shape index (κ3) is 3.56. The molecule has 0 saturated carbocycles. The van der Waals surface area contributed by atoms with Crippen LogP contribution < -0.4 is 5.32 Å². The van der Waals surface area contributed by atoms with Crippen molar-refractivity contribution in [3.63, 3.8) is 0 Å². The summed E-state index contributed by atoms with van der Waals surface area (Å²) in [6.07, 6.45) is 5.99. The SMILES string of the molecule is C[C@@H](Cn1cccn1)NCC(=O)N1CCCC1. The lowest BCUT2D eigenvalue weighted by Crippen LogP contribution is -2.41. The summed E-state index contributed by atoms with van der Waals surface area (Å²) in [4.78, 5) is 13.7. The summed E-state index contributed by atoms with van der Waals surface area (Å²) in [5.74, 6) is 0.217. The van der Waals surface area contributed by atoms with E-state index in [2.05, 4.69) is 17.3 Å². The molecule has 1 N–H and O–H groups in total. The van der Waals surface area contributed by atoms with Gasteiger partial charge in [-0.15, -0.1) is 0 Å². The first-order valence-electron chi connectivity index (χ1n) is 6.24. The van der Waals surface area contributed by atoms with E-state index in [1.54, 1.807) is 6.20 Å². The Morgan fingerprint density at radius 2 is 2.24 bits per heavy atom. The summed E-state index contributed by atoms with van der Waals surface area (Å²) < 4.78 is 1.87. The standard InChI is InChI=1S/C12H20N4O/c1-11(10-16-8-4-5-14-16)13-9-12(17)15-6-2-3-7-15/h4-5,8,11,13H,2-3,6-7,9-10H2,1H3/t11-/m0/s1. The van der Waals surface area contributed by atoms with E-state index in [9.17, 15) is 4.79 Å². The lowest BCUT2D eigenvalue weighted by atomic mass is 10.3. The Hall–Kier alpha value is -1.36. The maximum absolute atomic E-state index is 11.8. The van der Waals surface area contributed by atoms with Gasteiger partial charge in [0.15, 0.2) is 0 Å². The van der Waals surface area contributed by atoms with Crippen LogP contribution in [0.15, 0.2) is 18.5 Å². The number of likely N-dealkylation sites (tertiary alicyclic amines) is 1. The quantitative estimate of drug-likeness (QED) is 0.809. The number of carbonyl (C=O) groups is 1. The Kier molecular flexibility index (Phi) is 4.14. The summed E-state index contributed by atoms with van der Waals surface area (Å²) >= 11 is 0. The summed E-state index contributed by atoms with van der Waals surface area (Å²) in [5.41, 5.74) is 0. The second-order valence-corrected chi connectivity index (χ2v) is 4.60. The van der Waals surface area contributed by atoms with Crippen LogP contribution in [0.1, 0.15) is 19.8 Å². The molecule has 1 aliphatic rings. The highest BCUT2D eigenvalue weighted by Gasteiger charge is 2.17. The Morgan fingerprint density at radius 3 is 2.88 bits per heavy atom. The first-order valence-corrected chi connectivity index (χ1v) is 6.24. The third-order valence-electron chi connectivity index (χ3n) is 3.08. The highest BCUT2D eigenvalue weighted by atomic mass is 16.2. The molecule has 0 unspecified atom stereocenters. The molecule has 94 valence electrons. The average molecular weight is 236 g/mol. The second-order valence-electron chi connectivity index (χ2n) is 4.60. The Bertz CT molecular complexity index is 343. The van der Waals surface area contributed by atoms with Crippen molar-refractivity contribution in [2.24, 2.45) is 0 Å². The van der Waals surface area contributed by atoms with Crippen LogP contribution in [0.3, 0.4) is 0 Å². The number of hydrogen-bond acceptors (Lipinski definition) is 3. The number of nitrogens with zero attached hydrogens (tertiary/aromatic N) is 3. The molecular weight excluding hydrogens is 216 g/mol. The minimum absolute atomic E-state index is 0.217. The number of amides is 1. The average Bonchev–Trinajstić information content (AvgIpc) is 2.97. The van der Waals surface area contributed by atoms with Gasteiger partial charge < -0.3 is 10.2 Å². The molecule has 1 aliphatic heterocycles. The Labute approximate surface area is 102 Å². The molecule has 5 nitrogen and oxygen atoms in total. The maximum Gasteiger partial charge on any atom is 0.236 e. The van der Waals surface area contributed by atoms with Crippen LogP contribution in [-0.2, 0) is 11.3 Å². The normalized spacial score (nSPS) is 17.4. The Morgan fingerprint density at radius 1 is 1.47 bits per heavy atom. The number of aromatic nitrogens is 2. The van der Waals surface area contributed by atoms with Gasteiger partial charge in [-0.25, -0.2) is 0 Å². The van der Waals surface area contributed by atoms with Crippen molar-refractivity contribution in [2.45, 2.75) is 32.4 Å². The van der Waals surface area contributed by atoms with Crippen LogP contribution in [0, 0.1) is 0 Å². The zero-order chi connectivity index (χ0) is 12.1. The van der Waals surface area contributed by atoms with Gasteiger partial charge in [0.05, 0.1) is 13.1 Å². The van der Waals surface area contributed by atoms with Crippen LogP contribution >= 0.6 is 0 Å². The molecular formula is C12H20N4O. The van der Waals surface area contributed by atoms with Crippen molar-refractivity contribution < 1.29 is 4.79 Å². The number of nitrogens with one attached hydrogen (secondary N) is 1. The molecule has 0 aliphatic carbocycles. The van der Waals surface area contributed by atoms with Crippen LogP contribution in [0.4, 0.5) is 0 Å². The minimum Gasteiger partial charge on any atom is -0.342 e. The van der Waals surface area contributed by atoms with E-state index >= 15 is 0 Å². The maximum atomic E-state index is 11.8. The predicted octanol–water partition coefficient (Wildman–Crippen LogP) is 0.484. The molecule has 1 aromatic heterocycles. The predicted molar refractivity (Wildman–Crippen MR) is 65.5 cm³/mol. The van der Waals surface area contributed by atoms with Gasteiger partial charge in [-0.2, -0.15) is 5.10 Å². The first-order chi connectivity index (χ1) is 8.25. The molecule has 5 heteroatoms. The van der Waals surface area contributed by atoms with Crippen molar-refractivity contribution in [2.75, 3.05) is 19.6 Å². The van der Waals surface area contributed by atoms with Crippen LogP contribution in [0.25, 0.3) is 0 Å². The van der Waals surface area contributed by atoms with Gasteiger partial charge in [-0.1, -0.05) is 0 Å². The Balaban J connectivity index is 1.68. The van der Waals surface area contributed by atoms with Gasteiger partial charge in [-0.3, -0.25) is 9.48 Å². The molecule has 0 spiro atoms. The molecule has 0 aromatic carbocycles.